The Bertz CT molecular complexity index is 700. The van der Waals surface area contributed by atoms with Crippen molar-refractivity contribution in [3.63, 3.8) is 0 Å². The van der Waals surface area contributed by atoms with Gasteiger partial charge in [0, 0.05) is 50.7 Å². The molecule has 3 rings (SSSR count). The minimum absolute atomic E-state index is 0.146. The van der Waals surface area contributed by atoms with Crippen LogP contribution in [-0.4, -0.2) is 59.5 Å². The zero-order chi connectivity index (χ0) is 17.3. The molecular formula is C16H26N4O3S. The van der Waals surface area contributed by atoms with Crippen LogP contribution in [0.5, 0.6) is 0 Å². The Morgan fingerprint density at radius 1 is 1.29 bits per heavy atom. The smallest absolute Gasteiger partial charge is 0.317 e. The number of urea groups is 1. The van der Waals surface area contributed by atoms with Gasteiger partial charge in [-0.3, -0.25) is 0 Å². The lowest BCUT2D eigenvalue weighted by atomic mass is 9.95. The number of sulfone groups is 1. The van der Waals surface area contributed by atoms with Crippen molar-refractivity contribution < 1.29 is 13.2 Å². The molecule has 1 unspecified atom stereocenters. The normalized spacial score (nSPS) is 28.1. The van der Waals surface area contributed by atoms with Gasteiger partial charge < -0.3 is 14.8 Å². The molecule has 0 aromatic carbocycles. The van der Waals surface area contributed by atoms with E-state index >= 15 is 0 Å². The number of rotatable bonds is 3. The maximum Gasteiger partial charge on any atom is 0.317 e. The largest absolute Gasteiger partial charge is 0.338 e. The van der Waals surface area contributed by atoms with E-state index in [0.29, 0.717) is 19.5 Å². The SMILES string of the molecule is Cn1ccnc1C1CCN(C(=O)N[C@@H]2CCCC[C@H]2S(C)(=O)=O)C1. The Morgan fingerprint density at radius 2 is 2.04 bits per heavy atom. The van der Waals surface area contributed by atoms with Crippen LogP contribution in [0, 0.1) is 0 Å². The van der Waals surface area contributed by atoms with Gasteiger partial charge in [0.15, 0.2) is 9.84 Å². The first-order valence-corrected chi connectivity index (χ1v) is 10.5. The van der Waals surface area contributed by atoms with E-state index in [1.807, 2.05) is 17.8 Å². The standard InChI is InChI=1S/C16H26N4O3S/c1-19-10-8-17-15(19)12-7-9-20(11-12)16(21)18-13-5-3-4-6-14(13)24(2,22)23/h8,10,12-14H,3-7,9,11H2,1-2H3,(H,18,21)/t12?,13-,14-/m1/s1. The molecule has 3 atom stereocenters. The Morgan fingerprint density at radius 3 is 2.71 bits per heavy atom. The maximum absolute atomic E-state index is 12.6. The van der Waals surface area contributed by atoms with E-state index in [9.17, 15) is 13.2 Å². The predicted molar refractivity (Wildman–Crippen MR) is 91.6 cm³/mol. The fourth-order valence-electron chi connectivity index (χ4n) is 3.95. The molecule has 134 valence electrons. The monoisotopic (exact) mass is 354 g/mol. The van der Waals surface area contributed by atoms with Gasteiger partial charge in [-0.15, -0.1) is 0 Å². The van der Waals surface area contributed by atoms with Gasteiger partial charge in [0.1, 0.15) is 5.82 Å². The summed E-state index contributed by atoms with van der Waals surface area (Å²) in [5.74, 6) is 1.24. The van der Waals surface area contributed by atoms with E-state index in [1.54, 1.807) is 11.1 Å². The molecular weight excluding hydrogens is 328 g/mol. The van der Waals surface area contributed by atoms with Crippen molar-refractivity contribution in [1.82, 2.24) is 19.8 Å². The number of nitrogens with zero attached hydrogens (tertiary/aromatic N) is 3. The second-order valence-corrected chi connectivity index (χ2v) is 9.30. The topological polar surface area (TPSA) is 84.3 Å². The van der Waals surface area contributed by atoms with Crippen molar-refractivity contribution in [1.29, 1.82) is 0 Å². The summed E-state index contributed by atoms with van der Waals surface area (Å²) in [6.07, 6.45) is 9.10. The highest BCUT2D eigenvalue weighted by molar-refractivity contribution is 7.91. The number of carbonyl (C=O) groups is 1. The molecule has 1 saturated carbocycles. The first-order chi connectivity index (χ1) is 11.4. The highest BCUT2D eigenvalue weighted by Crippen LogP contribution is 2.27. The third-order valence-electron chi connectivity index (χ3n) is 5.26. The van der Waals surface area contributed by atoms with Crippen LogP contribution in [0.15, 0.2) is 12.4 Å². The number of likely N-dealkylation sites (tertiary alicyclic amines) is 1. The molecule has 1 aromatic rings. The van der Waals surface area contributed by atoms with Gasteiger partial charge in [0.05, 0.1) is 5.25 Å². The summed E-state index contributed by atoms with van der Waals surface area (Å²) in [7, 11) is -1.18. The van der Waals surface area contributed by atoms with Gasteiger partial charge in [-0.1, -0.05) is 12.8 Å². The predicted octanol–water partition coefficient (Wildman–Crippen LogP) is 1.27. The lowest BCUT2D eigenvalue weighted by molar-refractivity contribution is 0.200. The Hall–Kier alpha value is -1.57. The van der Waals surface area contributed by atoms with Crippen LogP contribution < -0.4 is 5.32 Å². The molecule has 1 aliphatic heterocycles. The van der Waals surface area contributed by atoms with Crippen LogP contribution in [0.3, 0.4) is 0 Å². The second-order valence-electron chi connectivity index (χ2n) is 7.04. The number of aromatic nitrogens is 2. The van der Waals surface area contributed by atoms with E-state index in [-0.39, 0.29) is 18.0 Å². The van der Waals surface area contributed by atoms with Crippen molar-refractivity contribution in [2.75, 3.05) is 19.3 Å². The summed E-state index contributed by atoms with van der Waals surface area (Å²) >= 11 is 0. The molecule has 1 aromatic heterocycles. The van der Waals surface area contributed by atoms with Crippen molar-refractivity contribution in [2.45, 2.75) is 49.3 Å². The van der Waals surface area contributed by atoms with Crippen LogP contribution in [0.2, 0.25) is 0 Å². The number of hydrogen-bond donors (Lipinski definition) is 1. The molecule has 2 amide bonds. The van der Waals surface area contributed by atoms with Gasteiger partial charge in [-0.25, -0.2) is 18.2 Å². The number of aryl methyl sites for hydroxylation is 1. The third kappa shape index (κ3) is 3.58. The first-order valence-electron chi connectivity index (χ1n) is 8.58. The maximum atomic E-state index is 12.6. The molecule has 7 nitrogen and oxygen atoms in total. The van der Waals surface area contributed by atoms with E-state index < -0.39 is 15.1 Å². The zero-order valence-electron chi connectivity index (χ0n) is 14.3. The van der Waals surface area contributed by atoms with Gasteiger partial charge in [0.2, 0.25) is 0 Å². The summed E-state index contributed by atoms with van der Waals surface area (Å²) in [5, 5.41) is 2.52. The lowest BCUT2D eigenvalue weighted by Gasteiger charge is -2.32. The minimum Gasteiger partial charge on any atom is -0.338 e. The summed E-state index contributed by atoms with van der Waals surface area (Å²) < 4.78 is 25.9. The summed E-state index contributed by atoms with van der Waals surface area (Å²) in [5.41, 5.74) is 0. The minimum atomic E-state index is -3.14. The molecule has 2 heterocycles. The van der Waals surface area contributed by atoms with Gasteiger partial charge in [0.25, 0.3) is 0 Å². The molecule has 0 spiro atoms. The van der Waals surface area contributed by atoms with E-state index in [0.717, 1.165) is 31.5 Å². The van der Waals surface area contributed by atoms with Gasteiger partial charge >= 0.3 is 6.03 Å². The number of amides is 2. The fourth-order valence-corrected chi connectivity index (χ4v) is 5.35. The Kier molecular flexibility index (Phi) is 4.85. The van der Waals surface area contributed by atoms with Crippen LogP contribution in [0.4, 0.5) is 4.79 Å². The van der Waals surface area contributed by atoms with Crippen molar-refractivity contribution >= 4 is 15.9 Å². The summed E-state index contributed by atoms with van der Waals surface area (Å²) in [4.78, 5) is 18.7. The van der Waals surface area contributed by atoms with Gasteiger partial charge in [-0.05, 0) is 19.3 Å². The highest BCUT2D eigenvalue weighted by Gasteiger charge is 2.36. The number of nitrogens with one attached hydrogen (secondary N) is 1. The van der Waals surface area contributed by atoms with Crippen LogP contribution in [0.25, 0.3) is 0 Å². The molecule has 24 heavy (non-hydrogen) atoms. The molecule has 0 radical (unpaired) electrons. The molecule has 1 saturated heterocycles. The van der Waals surface area contributed by atoms with Gasteiger partial charge in [-0.2, -0.15) is 0 Å². The Labute approximate surface area is 143 Å². The summed E-state index contributed by atoms with van der Waals surface area (Å²) in [6, 6.07) is -0.416. The Balaban J connectivity index is 1.62. The average Bonchev–Trinajstić information content (AvgIpc) is 3.15. The molecule has 0 bridgehead atoms. The quantitative estimate of drug-likeness (QED) is 0.886. The van der Waals surface area contributed by atoms with Crippen LogP contribution in [-0.2, 0) is 16.9 Å². The van der Waals surface area contributed by atoms with Crippen molar-refractivity contribution in [3.8, 4) is 0 Å². The lowest BCUT2D eigenvalue weighted by Crippen LogP contribution is -2.52. The number of hydrogen-bond acceptors (Lipinski definition) is 4. The van der Waals surface area contributed by atoms with Crippen molar-refractivity contribution in [3.05, 3.63) is 18.2 Å². The summed E-state index contributed by atoms with van der Waals surface area (Å²) in [6.45, 7) is 1.31. The molecule has 2 aliphatic rings. The molecule has 1 aliphatic carbocycles. The first kappa shape index (κ1) is 17.3. The highest BCUT2D eigenvalue weighted by atomic mass is 32.2. The van der Waals surface area contributed by atoms with Crippen molar-refractivity contribution in [2.24, 2.45) is 7.05 Å². The van der Waals surface area contributed by atoms with Crippen LogP contribution >= 0.6 is 0 Å². The molecule has 8 heteroatoms. The van der Waals surface area contributed by atoms with Crippen LogP contribution in [0.1, 0.15) is 43.8 Å². The third-order valence-corrected chi connectivity index (χ3v) is 6.92. The zero-order valence-corrected chi connectivity index (χ0v) is 15.1. The molecule has 2 fully saturated rings. The number of carbonyl (C=O) groups excluding carboxylic acids is 1. The number of imidazole rings is 1. The van der Waals surface area contributed by atoms with E-state index in [2.05, 4.69) is 10.3 Å². The average molecular weight is 354 g/mol. The molecule has 1 N–H and O–H groups in total. The van der Waals surface area contributed by atoms with E-state index in [1.165, 1.54) is 6.26 Å². The van der Waals surface area contributed by atoms with E-state index in [4.69, 9.17) is 0 Å². The second kappa shape index (κ2) is 6.74. The fraction of sp³-hybridized carbons (Fsp3) is 0.750.